The lowest BCUT2D eigenvalue weighted by Crippen LogP contribution is -2.45. The average molecular weight is 145 g/mol. The van der Waals surface area contributed by atoms with Crippen LogP contribution < -0.4 is 16.4 Å². The summed E-state index contributed by atoms with van der Waals surface area (Å²) in [6.45, 7) is 1.55. The molecule has 0 saturated heterocycles. The maximum absolute atomic E-state index is 10.7. The van der Waals surface area contributed by atoms with E-state index in [0.717, 1.165) is 0 Å². The van der Waals surface area contributed by atoms with Gasteiger partial charge >= 0.3 is 6.03 Å². The summed E-state index contributed by atoms with van der Waals surface area (Å²) >= 11 is 0. The quantitative estimate of drug-likeness (QED) is 0.455. The van der Waals surface area contributed by atoms with Crippen molar-refractivity contribution < 1.29 is 9.59 Å². The van der Waals surface area contributed by atoms with Gasteiger partial charge in [-0.15, -0.1) is 0 Å². The minimum absolute atomic E-state index is 0.265. The molecule has 4 N–H and O–H groups in total. The molecular weight excluding hydrogens is 134 g/mol. The molecule has 10 heavy (non-hydrogen) atoms. The van der Waals surface area contributed by atoms with E-state index >= 15 is 0 Å². The van der Waals surface area contributed by atoms with Crippen molar-refractivity contribution in [2.75, 3.05) is 7.05 Å². The first kappa shape index (κ1) is 8.74. The van der Waals surface area contributed by atoms with E-state index in [9.17, 15) is 9.59 Å². The minimum atomic E-state index is -0.698. The van der Waals surface area contributed by atoms with Crippen LogP contribution >= 0.6 is 0 Å². The van der Waals surface area contributed by atoms with Crippen LogP contribution in [-0.4, -0.2) is 25.0 Å². The molecule has 5 nitrogen and oxygen atoms in total. The molecule has 0 saturated carbocycles. The molecule has 0 fully saturated rings. The van der Waals surface area contributed by atoms with Gasteiger partial charge in [-0.3, -0.25) is 4.79 Å². The lowest BCUT2D eigenvalue weighted by Gasteiger charge is -2.08. The van der Waals surface area contributed by atoms with Crippen LogP contribution in [0.5, 0.6) is 0 Å². The van der Waals surface area contributed by atoms with Gasteiger partial charge in [0.15, 0.2) is 0 Å². The van der Waals surface area contributed by atoms with E-state index < -0.39 is 12.1 Å². The highest BCUT2D eigenvalue weighted by Gasteiger charge is 2.10. The molecule has 0 spiro atoms. The molecular formula is C5H11N3O2. The second kappa shape index (κ2) is 3.71. The highest BCUT2D eigenvalue weighted by Crippen LogP contribution is 1.78. The monoisotopic (exact) mass is 145 g/mol. The van der Waals surface area contributed by atoms with Gasteiger partial charge in [-0.05, 0) is 6.92 Å². The molecule has 0 bridgehead atoms. The van der Waals surface area contributed by atoms with Crippen LogP contribution in [0.15, 0.2) is 0 Å². The smallest absolute Gasteiger partial charge is 0.312 e. The first-order valence-corrected chi connectivity index (χ1v) is 2.85. The number of rotatable bonds is 2. The van der Waals surface area contributed by atoms with E-state index in [0.29, 0.717) is 0 Å². The normalized spacial score (nSPS) is 11.8. The van der Waals surface area contributed by atoms with E-state index in [1.54, 1.807) is 6.92 Å². The van der Waals surface area contributed by atoms with Crippen LogP contribution in [0.25, 0.3) is 0 Å². The molecule has 0 aliphatic rings. The number of likely N-dealkylation sites (N-methyl/N-ethyl adjacent to an activating group) is 1. The number of amides is 3. The number of hydrogen-bond donors (Lipinski definition) is 3. The number of nitrogens with two attached hydrogens (primary N) is 1. The Morgan fingerprint density at radius 2 is 2.00 bits per heavy atom. The maximum Gasteiger partial charge on any atom is 0.312 e. The van der Waals surface area contributed by atoms with Gasteiger partial charge < -0.3 is 16.4 Å². The summed E-state index contributed by atoms with van der Waals surface area (Å²) in [5, 5.41) is 4.58. The van der Waals surface area contributed by atoms with Crippen LogP contribution in [0.1, 0.15) is 6.92 Å². The van der Waals surface area contributed by atoms with Crippen molar-refractivity contribution in [1.29, 1.82) is 0 Å². The first-order valence-electron chi connectivity index (χ1n) is 2.85. The summed E-state index contributed by atoms with van der Waals surface area (Å²) in [7, 11) is 1.49. The molecule has 0 rings (SSSR count). The standard InChI is InChI=1S/C5H11N3O2/c1-3(4(9)7-2)8-5(6)10/h3H,1-2H3,(H,7,9)(H3,6,8,10)/t3-/m0/s1. The van der Waals surface area contributed by atoms with Crippen molar-refractivity contribution in [1.82, 2.24) is 10.6 Å². The largest absolute Gasteiger partial charge is 0.357 e. The zero-order valence-electron chi connectivity index (χ0n) is 5.97. The molecule has 0 aliphatic heterocycles. The minimum Gasteiger partial charge on any atom is -0.357 e. The summed E-state index contributed by atoms with van der Waals surface area (Å²) < 4.78 is 0. The molecule has 5 heteroatoms. The van der Waals surface area contributed by atoms with Crippen LogP contribution in [-0.2, 0) is 4.79 Å². The number of carbonyl (C=O) groups excluding carboxylic acids is 2. The van der Waals surface area contributed by atoms with Crippen molar-refractivity contribution in [3.8, 4) is 0 Å². The van der Waals surface area contributed by atoms with E-state index in [1.165, 1.54) is 7.05 Å². The molecule has 0 unspecified atom stereocenters. The topological polar surface area (TPSA) is 84.2 Å². The third-order valence-corrected chi connectivity index (χ3v) is 0.998. The van der Waals surface area contributed by atoms with Crippen LogP contribution in [0.2, 0.25) is 0 Å². The zero-order valence-corrected chi connectivity index (χ0v) is 5.97. The fraction of sp³-hybridized carbons (Fsp3) is 0.600. The van der Waals surface area contributed by atoms with Crippen molar-refractivity contribution in [2.24, 2.45) is 5.73 Å². The molecule has 0 aromatic rings. The van der Waals surface area contributed by atoms with Crippen molar-refractivity contribution in [3.63, 3.8) is 0 Å². The third kappa shape index (κ3) is 2.91. The molecule has 0 aromatic carbocycles. The van der Waals surface area contributed by atoms with E-state index in [2.05, 4.69) is 10.6 Å². The Hall–Kier alpha value is -1.26. The summed E-state index contributed by atoms with van der Waals surface area (Å²) in [4.78, 5) is 20.8. The lowest BCUT2D eigenvalue weighted by molar-refractivity contribution is -0.122. The van der Waals surface area contributed by atoms with Gasteiger partial charge in [0.1, 0.15) is 6.04 Å². The Morgan fingerprint density at radius 3 is 2.30 bits per heavy atom. The highest BCUT2D eigenvalue weighted by molar-refractivity contribution is 5.85. The van der Waals surface area contributed by atoms with E-state index in [-0.39, 0.29) is 5.91 Å². The zero-order chi connectivity index (χ0) is 8.15. The van der Waals surface area contributed by atoms with Crippen molar-refractivity contribution in [3.05, 3.63) is 0 Å². The summed E-state index contributed by atoms with van der Waals surface area (Å²) in [6, 6.07) is -1.27. The fourth-order valence-corrected chi connectivity index (χ4v) is 0.495. The van der Waals surface area contributed by atoms with E-state index in [1.807, 2.05) is 0 Å². The van der Waals surface area contributed by atoms with Gasteiger partial charge in [0.2, 0.25) is 5.91 Å². The predicted octanol–water partition coefficient (Wildman–Crippen LogP) is -1.21. The summed E-state index contributed by atoms with van der Waals surface area (Å²) in [5.41, 5.74) is 4.76. The van der Waals surface area contributed by atoms with Gasteiger partial charge in [-0.2, -0.15) is 0 Å². The van der Waals surface area contributed by atoms with Gasteiger partial charge in [-0.25, -0.2) is 4.79 Å². The maximum atomic E-state index is 10.7. The Morgan fingerprint density at radius 1 is 1.50 bits per heavy atom. The number of nitrogens with one attached hydrogen (secondary N) is 2. The molecule has 0 aliphatic carbocycles. The lowest BCUT2D eigenvalue weighted by atomic mass is 10.3. The predicted molar refractivity (Wildman–Crippen MR) is 36.2 cm³/mol. The Labute approximate surface area is 59.0 Å². The molecule has 0 radical (unpaired) electrons. The Balaban J connectivity index is 3.72. The number of hydrogen-bond acceptors (Lipinski definition) is 2. The van der Waals surface area contributed by atoms with Gasteiger partial charge in [0.05, 0.1) is 0 Å². The van der Waals surface area contributed by atoms with Gasteiger partial charge in [0, 0.05) is 7.05 Å². The van der Waals surface area contributed by atoms with Crippen molar-refractivity contribution in [2.45, 2.75) is 13.0 Å². The van der Waals surface area contributed by atoms with Crippen LogP contribution in [0, 0.1) is 0 Å². The third-order valence-electron chi connectivity index (χ3n) is 0.998. The molecule has 0 heterocycles. The number of primary amides is 1. The number of carbonyl (C=O) groups is 2. The van der Waals surface area contributed by atoms with E-state index in [4.69, 9.17) is 5.73 Å². The second-order valence-corrected chi connectivity index (χ2v) is 1.84. The summed E-state index contributed by atoms with van der Waals surface area (Å²) in [6.07, 6.45) is 0. The molecule has 0 aromatic heterocycles. The van der Waals surface area contributed by atoms with Gasteiger partial charge in [-0.1, -0.05) is 0 Å². The van der Waals surface area contributed by atoms with Gasteiger partial charge in [0.25, 0.3) is 0 Å². The van der Waals surface area contributed by atoms with Crippen LogP contribution in [0.4, 0.5) is 4.79 Å². The highest BCUT2D eigenvalue weighted by atomic mass is 16.2. The van der Waals surface area contributed by atoms with Crippen molar-refractivity contribution >= 4 is 11.9 Å². The Bertz CT molecular complexity index is 146. The molecule has 58 valence electrons. The Kier molecular flexibility index (Phi) is 3.24. The summed E-state index contributed by atoms with van der Waals surface area (Å²) in [5.74, 6) is -0.265. The fourth-order valence-electron chi connectivity index (χ4n) is 0.495. The average Bonchev–Trinajstić information content (AvgIpc) is 1.85. The SMILES string of the molecule is CNC(=O)[C@H](C)NC(N)=O. The van der Waals surface area contributed by atoms with Crippen LogP contribution in [0.3, 0.4) is 0 Å². The molecule has 3 amide bonds. The second-order valence-electron chi connectivity index (χ2n) is 1.84. The number of urea groups is 1. The first-order chi connectivity index (χ1) is 4.57. The molecule has 1 atom stereocenters.